The van der Waals surface area contributed by atoms with Crippen LogP contribution in [0.15, 0.2) is 54.6 Å². The Labute approximate surface area is 153 Å². The van der Waals surface area contributed by atoms with E-state index in [0.717, 1.165) is 5.69 Å². The maximum Gasteiger partial charge on any atom is 0.258 e. The Kier molecular flexibility index (Phi) is 4.64. The topological polar surface area (TPSA) is 66.5 Å². The summed E-state index contributed by atoms with van der Waals surface area (Å²) >= 11 is 0. The standard InChI is InChI=1S/C21H22N2O3/c1-14(2)23-18-12-8-7-11-17(18)21(20(23)26,22-15(3)24)13-19(25)16-9-5-4-6-10-16/h4-12,14H,13H2,1-3H3,(H,22,24)/t21-/m1/s1. The van der Waals surface area contributed by atoms with Gasteiger partial charge in [0.1, 0.15) is 0 Å². The summed E-state index contributed by atoms with van der Waals surface area (Å²) in [5, 5.41) is 2.80. The number of benzene rings is 2. The Hall–Kier alpha value is -2.95. The Morgan fingerprint density at radius 3 is 2.27 bits per heavy atom. The number of hydrogen-bond donors (Lipinski definition) is 1. The molecule has 0 fully saturated rings. The van der Waals surface area contributed by atoms with Crippen LogP contribution in [0.4, 0.5) is 5.69 Å². The molecule has 0 radical (unpaired) electrons. The SMILES string of the molecule is CC(=O)N[C@@]1(CC(=O)c2ccccc2)C(=O)N(C(C)C)c2ccccc21. The fourth-order valence-electron chi connectivity index (χ4n) is 3.59. The van der Waals surface area contributed by atoms with E-state index in [1.165, 1.54) is 6.92 Å². The van der Waals surface area contributed by atoms with E-state index in [-0.39, 0.29) is 30.1 Å². The summed E-state index contributed by atoms with van der Waals surface area (Å²) in [5.74, 6) is -0.805. The van der Waals surface area contributed by atoms with Crippen LogP contribution in [0.1, 0.15) is 43.1 Å². The summed E-state index contributed by atoms with van der Waals surface area (Å²) in [7, 11) is 0. The number of para-hydroxylation sites is 1. The zero-order valence-electron chi connectivity index (χ0n) is 15.2. The molecule has 5 nitrogen and oxygen atoms in total. The minimum atomic E-state index is -1.38. The third-order valence-electron chi connectivity index (χ3n) is 4.63. The number of nitrogens with one attached hydrogen (secondary N) is 1. The highest BCUT2D eigenvalue weighted by Gasteiger charge is 2.53. The van der Waals surface area contributed by atoms with E-state index in [9.17, 15) is 14.4 Å². The largest absolute Gasteiger partial charge is 0.338 e. The molecule has 0 spiro atoms. The summed E-state index contributed by atoms with van der Waals surface area (Å²) in [6.07, 6.45) is -0.115. The van der Waals surface area contributed by atoms with Gasteiger partial charge < -0.3 is 10.2 Å². The van der Waals surface area contributed by atoms with Gasteiger partial charge in [0.2, 0.25) is 5.91 Å². The first-order chi connectivity index (χ1) is 12.4. The van der Waals surface area contributed by atoms with Gasteiger partial charge >= 0.3 is 0 Å². The molecule has 134 valence electrons. The van der Waals surface area contributed by atoms with Gasteiger partial charge in [0.05, 0.1) is 5.69 Å². The van der Waals surface area contributed by atoms with E-state index < -0.39 is 5.54 Å². The van der Waals surface area contributed by atoms with Crippen LogP contribution in [0.3, 0.4) is 0 Å². The molecule has 3 rings (SSSR count). The minimum absolute atomic E-state index is 0.0916. The number of fused-ring (bicyclic) bond motifs is 1. The lowest BCUT2D eigenvalue weighted by atomic mass is 9.84. The molecule has 0 aromatic heterocycles. The summed E-state index contributed by atoms with van der Waals surface area (Å²) in [6, 6.07) is 16.1. The zero-order chi connectivity index (χ0) is 18.9. The highest BCUT2D eigenvalue weighted by atomic mass is 16.2. The van der Waals surface area contributed by atoms with Gasteiger partial charge in [0.15, 0.2) is 11.3 Å². The van der Waals surface area contributed by atoms with Gasteiger partial charge in [-0.25, -0.2) is 0 Å². The van der Waals surface area contributed by atoms with E-state index in [0.29, 0.717) is 11.1 Å². The van der Waals surface area contributed by atoms with Crippen molar-refractivity contribution in [1.82, 2.24) is 5.32 Å². The van der Waals surface area contributed by atoms with E-state index in [4.69, 9.17) is 0 Å². The molecule has 2 aromatic rings. The van der Waals surface area contributed by atoms with Crippen LogP contribution < -0.4 is 10.2 Å². The number of nitrogens with zero attached hydrogens (tertiary/aromatic N) is 1. The quantitative estimate of drug-likeness (QED) is 0.843. The Balaban J connectivity index is 2.12. The first-order valence-electron chi connectivity index (χ1n) is 8.67. The predicted octanol–water partition coefficient (Wildman–Crippen LogP) is 3.05. The molecule has 0 saturated carbocycles. The molecule has 1 N–H and O–H groups in total. The maximum atomic E-state index is 13.4. The van der Waals surface area contributed by atoms with Crippen LogP contribution in [0.25, 0.3) is 0 Å². The predicted molar refractivity (Wildman–Crippen MR) is 99.9 cm³/mol. The van der Waals surface area contributed by atoms with Crippen molar-refractivity contribution in [3.05, 3.63) is 65.7 Å². The average Bonchev–Trinajstić information content (AvgIpc) is 2.84. The molecule has 0 saturated heterocycles. The third kappa shape index (κ3) is 2.90. The molecular formula is C21H22N2O3. The van der Waals surface area contributed by atoms with Crippen LogP contribution in [0, 0.1) is 0 Å². The summed E-state index contributed by atoms with van der Waals surface area (Å²) in [6.45, 7) is 5.19. The number of carbonyl (C=O) groups excluding carboxylic acids is 3. The summed E-state index contributed by atoms with van der Waals surface area (Å²) in [4.78, 5) is 39.9. The zero-order valence-corrected chi connectivity index (χ0v) is 15.2. The number of hydrogen-bond acceptors (Lipinski definition) is 3. The van der Waals surface area contributed by atoms with E-state index >= 15 is 0 Å². The van der Waals surface area contributed by atoms with Crippen molar-refractivity contribution in [3.8, 4) is 0 Å². The highest BCUT2D eigenvalue weighted by molar-refractivity contribution is 6.13. The van der Waals surface area contributed by atoms with E-state index in [1.54, 1.807) is 29.2 Å². The highest BCUT2D eigenvalue weighted by Crippen LogP contribution is 2.43. The van der Waals surface area contributed by atoms with Gasteiger partial charge in [-0.1, -0.05) is 48.5 Å². The van der Waals surface area contributed by atoms with Crippen LogP contribution in [-0.4, -0.2) is 23.6 Å². The van der Waals surface area contributed by atoms with Crippen molar-refractivity contribution in [2.24, 2.45) is 0 Å². The number of amides is 2. The molecule has 2 aromatic carbocycles. The van der Waals surface area contributed by atoms with Crippen molar-refractivity contribution in [2.75, 3.05) is 4.90 Å². The average molecular weight is 350 g/mol. The lowest BCUT2D eigenvalue weighted by Crippen LogP contribution is -2.54. The van der Waals surface area contributed by atoms with Crippen molar-refractivity contribution >= 4 is 23.3 Å². The Morgan fingerprint density at radius 1 is 1.04 bits per heavy atom. The molecule has 1 atom stereocenters. The van der Waals surface area contributed by atoms with Crippen molar-refractivity contribution < 1.29 is 14.4 Å². The molecule has 0 aliphatic carbocycles. The van der Waals surface area contributed by atoms with Gasteiger partial charge in [0, 0.05) is 30.5 Å². The second-order valence-electron chi connectivity index (χ2n) is 6.84. The first-order valence-corrected chi connectivity index (χ1v) is 8.67. The van der Waals surface area contributed by atoms with E-state index in [1.807, 2.05) is 44.2 Å². The number of rotatable bonds is 5. The van der Waals surface area contributed by atoms with Crippen LogP contribution in [0.2, 0.25) is 0 Å². The number of ketones is 1. The number of Topliss-reactive ketones (excluding diaryl/α,β-unsaturated/α-hetero) is 1. The fraction of sp³-hybridized carbons (Fsp3) is 0.286. The molecule has 1 aliphatic heterocycles. The lowest BCUT2D eigenvalue weighted by Gasteiger charge is -2.30. The lowest BCUT2D eigenvalue weighted by molar-refractivity contribution is -0.130. The summed E-state index contributed by atoms with van der Waals surface area (Å²) in [5.41, 5.74) is 0.547. The van der Waals surface area contributed by atoms with Gasteiger partial charge in [-0.05, 0) is 19.9 Å². The van der Waals surface area contributed by atoms with Crippen LogP contribution in [-0.2, 0) is 15.1 Å². The Bertz CT molecular complexity index is 861. The molecule has 2 amide bonds. The van der Waals surface area contributed by atoms with Crippen molar-refractivity contribution in [2.45, 2.75) is 38.8 Å². The second kappa shape index (κ2) is 6.75. The van der Waals surface area contributed by atoms with Gasteiger partial charge in [-0.2, -0.15) is 0 Å². The maximum absolute atomic E-state index is 13.4. The molecular weight excluding hydrogens is 328 g/mol. The van der Waals surface area contributed by atoms with E-state index in [2.05, 4.69) is 5.32 Å². The normalized spacial score (nSPS) is 18.8. The van der Waals surface area contributed by atoms with Crippen LogP contribution in [0.5, 0.6) is 0 Å². The van der Waals surface area contributed by atoms with Gasteiger partial charge in [-0.3, -0.25) is 14.4 Å². The minimum Gasteiger partial charge on any atom is -0.338 e. The van der Waals surface area contributed by atoms with Crippen LogP contribution >= 0.6 is 0 Å². The smallest absolute Gasteiger partial charge is 0.258 e. The second-order valence-corrected chi connectivity index (χ2v) is 6.84. The van der Waals surface area contributed by atoms with Crippen molar-refractivity contribution in [1.29, 1.82) is 0 Å². The number of carbonyl (C=O) groups is 3. The molecule has 5 heteroatoms. The molecule has 0 unspecified atom stereocenters. The molecule has 1 heterocycles. The summed E-state index contributed by atoms with van der Waals surface area (Å²) < 4.78 is 0. The van der Waals surface area contributed by atoms with Gasteiger partial charge in [-0.15, -0.1) is 0 Å². The molecule has 1 aliphatic rings. The number of anilines is 1. The van der Waals surface area contributed by atoms with Crippen molar-refractivity contribution in [3.63, 3.8) is 0 Å². The first kappa shape index (κ1) is 17.9. The monoisotopic (exact) mass is 350 g/mol. The molecule has 26 heavy (non-hydrogen) atoms. The third-order valence-corrected chi connectivity index (χ3v) is 4.63. The molecule has 0 bridgehead atoms. The fourth-order valence-corrected chi connectivity index (χ4v) is 3.59. The Morgan fingerprint density at radius 2 is 1.65 bits per heavy atom. The van der Waals surface area contributed by atoms with Gasteiger partial charge in [0.25, 0.3) is 5.91 Å².